The van der Waals surface area contributed by atoms with Gasteiger partial charge in [0.25, 0.3) is 5.91 Å². The second kappa shape index (κ2) is 17.4. The quantitative estimate of drug-likeness (QED) is 0.0840. The molecule has 16 heteroatoms. The second-order valence-corrected chi connectivity index (χ2v) is 9.61. The van der Waals surface area contributed by atoms with Gasteiger partial charge in [-0.1, -0.05) is 42.5 Å². The first-order valence-electron chi connectivity index (χ1n) is 13.4. The van der Waals surface area contributed by atoms with Crippen LogP contribution in [0.15, 0.2) is 54.6 Å². The number of rotatable bonds is 17. The Morgan fingerprint density at radius 3 is 1.77 bits per heavy atom. The summed E-state index contributed by atoms with van der Waals surface area (Å²) in [6, 6.07) is 10.6. The molecular weight excluding hydrogens is 578 g/mol. The van der Waals surface area contributed by atoms with E-state index >= 15 is 0 Å². The van der Waals surface area contributed by atoms with Crippen LogP contribution in [0, 0.1) is 0 Å². The highest BCUT2D eigenvalue weighted by atomic mass is 16.4. The van der Waals surface area contributed by atoms with Gasteiger partial charge in [-0.3, -0.25) is 33.6 Å². The van der Waals surface area contributed by atoms with Crippen molar-refractivity contribution >= 4 is 41.4 Å². The number of amides is 6. The zero-order valence-corrected chi connectivity index (χ0v) is 23.7. The standard InChI is InChI=1S/C28H35N7O9/c29-13-23(38)33-20(11-17-6-8-18(36)9-7-17)28(44)35-21(12-22(30)37)27(43)31-14-24(39)34-19(26(42)32-15-25(40)41)10-16-4-2-1-3-5-16/h1-9,19-21,36H,10-15,29H2,(H2,30,37)(H,31,43)(H,32,42)(H,33,38)(H,34,39)(H,35,44)(H,40,41)/p+1/t19-,20-,21-/m0/s1. The number of carboxylic acids is 1. The maximum absolute atomic E-state index is 13.1. The minimum Gasteiger partial charge on any atom is -0.508 e. The van der Waals surface area contributed by atoms with Gasteiger partial charge in [-0.25, -0.2) is 0 Å². The van der Waals surface area contributed by atoms with Crippen LogP contribution in [0.1, 0.15) is 17.5 Å². The van der Waals surface area contributed by atoms with Crippen LogP contribution in [-0.4, -0.2) is 89.4 Å². The van der Waals surface area contributed by atoms with Gasteiger partial charge < -0.3 is 48.3 Å². The second-order valence-electron chi connectivity index (χ2n) is 9.61. The molecule has 6 amide bonds. The van der Waals surface area contributed by atoms with Gasteiger partial charge in [-0.05, 0) is 23.3 Å². The normalized spacial score (nSPS) is 12.5. The zero-order chi connectivity index (χ0) is 32.6. The molecule has 12 N–H and O–H groups in total. The molecule has 3 atom stereocenters. The van der Waals surface area contributed by atoms with Crippen molar-refractivity contribution in [2.75, 3.05) is 19.6 Å². The number of aliphatic carboxylic acids is 1. The topological polar surface area (TPSA) is 274 Å². The molecule has 0 aliphatic rings. The van der Waals surface area contributed by atoms with Crippen LogP contribution >= 0.6 is 0 Å². The summed E-state index contributed by atoms with van der Waals surface area (Å²) in [5, 5.41) is 30.1. The van der Waals surface area contributed by atoms with Crippen LogP contribution in [0.25, 0.3) is 0 Å². The Bertz CT molecular complexity index is 1340. The van der Waals surface area contributed by atoms with E-state index in [0.29, 0.717) is 11.1 Å². The van der Waals surface area contributed by atoms with E-state index in [1.54, 1.807) is 30.3 Å². The molecule has 0 radical (unpaired) electrons. The Morgan fingerprint density at radius 1 is 0.682 bits per heavy atom. The highest BCUT2D eigenvalue weighted by Crippen LogP contribution is 2.12. The fourth-order valence-electron chi connectivity index (χ4n) is 3.91. The molecule has 0 aliphatic heterocycles. The average molecular weight is 615 g/mol. The molecule has 0 heterocycles. The van der Waals surface area contributed by atoms with E-state index in [9.17, 15) is 38.7 Å². The van der Waals surface area contributed by atoms with Crippen molar-refractivity contribution in [1.82, 2.24) is 26.6 Å². The van der Waals surface area contributed by atoms with E-state index in [1.807, 2.05) is 0 Å². The van der Waals surface area contributed by atoms with Gasteiger partial charge in [0.2, 0.25) is 29.5 Å². The molecule has 16 nitrogen and oxygen atoms in total. The number of benzene rings is 2. The number of carbonyl (C=O) groups excluding carboxylic acids is 6. The molecule has 0 spiro atoms. The van der Waals surface area contributed by atoms with Crippen LogP contribution in [-0.2, 0) is 46.4 Å². The lowest BCUT2D eigenvalue weighted by Gasteiger charge is -2.23. The molecule has 0 saturated heterocycles. The number of phenols is 1. The summed E-state index contributed by atoms with van der Waals surface area (Å²) in [7, 11) is 0. The van der Waals surface area contributed by atoms with Crippen molar-refractivity contribution in [1.29, 1.82) is 0 Å². The predicted octanol–water partition coefficient (Wildman–Crippen LogP) is -3.93. The van der Waals surface area contributed by atoms with E-state index < -0.39 is 79.0 Å². The van der Waals surface area contributed by atoms with Crippen molar-refractivity contribution in [3.63, 3.8) is 0 Å². The summed E-state index contributed by atoms with van der Waals surface area (Å²) in [6.07, 6.45) is -0.645. The highest BCUT2D eigenvalue weighted by Gasteiger charge is 2.29. The Hall–Kier alpha value is -5.51. The molecule has 0 aromatic heterocycles. The van der Waals surface area contributed by atoms with Gasteiger partial charge in [0.15, 0.2) is 6.54 Å². The smallest absolute Gasteiger partial charge is 0.322 e. The molecule has 0 unspecified atom stereocenters. The van der Waals surface area contributed by atoms with Gasteiger partial charge in [0.1, 0.15) is 30.4 Å². The monoisotopic (exact) mass is 614 g/mol. The van der Waals surface area contributed by atoms with Crippen LogP contribution in [0.2, 0.25) is 0 Å². The summed E-state index contributed by atoms with van der Waals surface area (Å²) in [4.78, 5) is 85.8. The van der Waals surface area contributed by atoms with E-state index in [1.165, 1.54) is 24.3 Å². The molecule has 0 bridgehead atoms. The minimum atomic E-state index is -1.52. The number of primary amides is 1. The Labute approximate surface area is 251 Å². The van der Waals surface area contributed by atoms with Gasteiger partial charge >= 0.3 is 5.97 Å². The van der Waals surface area contributed by atoms with Crippen molar-refractivity contribution in [3.05, 3.63) is 65.7 Å². The number of carboxylic acid groups (broad SMARTS) is 1. The molecule has 2 aromatic carbocycles. The van der Waals surface area contributed by atoms with Crippen molar-refractivity contribution in [3.8, 4) is 5.75 Å². The fourth-order valence-corrected chi connectivity index (χ4v) is 3.91. The number of nitrogens with one attached hydrogen (secondary N) is 5. The summed E-state index contributed by atoms with van der Waals surface area (Å²) in [5.41, 5.74) is 9.97. The Morgan fingerprint density at radius 2 is 1.20 bits per heavy atom. The zero-order valence-electron chi connectivity index (χ0n) is 23.7. The first kappa shape index (κ1) is 34.7. The average Bonchev–Trinajstić information content (AvgIpc) is 2.98. The molecule has 236 valence electrons. The van der Waals surface area contributed by atoms with Gasteiger partial charge in [-0.15, -0.1) is 0 Å². The predicted molar refractivity (Wildman–Crippen MR) is 153 cm³/mol. The maximum atomic E-state index is 13.1. The third-order valence-corrected chi connectivity index (χ3v) is 6.06. The summed E-state index contributed by atoms with van der Waals surface area (Å²) < 4.78 is 0. The summed E-state index contributed by atoms with van der Waals surface area (Å²) in [6.45, 7) is -1.52. The lowest BCUT2D eigenvalue weighted by molar-refractivity contribution is -0.355. The Kier molecular flexibility index (Phi) is 13.8. The first-order valence-corrected chi connectivity index (χ1v) is 13.4. The largest absolute Gasteiger partial charge is 0.508 e. The van der Waals surface area contributed by atoms with Gasteiger partial charge in [0.05, 0.1) is 13.0 Å². The van der Waals surface area contributed by atoms with E-state index in [2.05, 4.69) is 32.3 Å². The van der Waals surface area contributed by atoms with E-state index in [-0.39, 0.29) is 25.1 Å². The number of hydrogen-bond acceptors (Lipinski definition) is 8. The highest BCUT2D eigenvalue weighted by molar-refractivity contribution is 5.96. The molecule has 0 aliphatic carbocycles. The lowest BCUT2D eigenvalue weighted by atomic mass is 10.0. The third kappa shape index (κ3) is 12.6. The molecule has 0 saturated carbocycles. The fraction of sp³-hybridized carbons (Fsp3) is 0.321. The first-order chi connectivity index (χ1) is 20.9. The molecule has 2 rings (SSSR count). The molecule has 2 aromatic rings. The number of carbonyl (C=O) groups is 7. The van der Waals surface area contributed by atoms with Crippen LogP contribution in [0.5, 0.6) is 5.75 Å². The number of nitrogens with two attached hydrogens (primary N) is 1. The summed E-state index contributed by atoms with van der Waals surface area (Å²) in [5.74, 6) is -6.16. The number of phenolic OH excluding ortho intramolecular Hbond substituents is 1. The third-order valence-electron chi connectivity index (χ3n) is 6.06. The van der Waals surface area contributed by atoms with Gasteiger partial charge in [0, 0.05) is 12.8 Å². The Balaban J connectivity index is 2.09. The number of quaternary nitrogens is 1. The number of aromatic hydroxyl groups is 1. The van der Waals surface area contributed by atoms with Crippen molar-refractivity contribution in [2.24, 2.45) is 5.73 Å². The van der Waals surface area contributed by atoms with Crippen molar-refractivity contribution < 1.29 is 49.5 Å². The molecule has 44 heavy (non-hydrogen) atoms. The van der Waals surface area contributed by atoms with Crippen molar-refractivity contribution in [2.45, 2.75) is 37.4 Å². The number of hydrogen-bond donors (Lipinski definition) is 9. The minimum absolute atomic E-state index is 0.00829. The molecule has 0 fully saturated rings. The maximum Gasteiger partial charge on any atom is 0.322 e. The van der Waals surface area contributed by atoms with Crippen LogP contribution < -0.4 is 38.1 Å². The van der Waals surface area contributed by atoms with Gasteiger partial charge in [-0.2, -0.15) is 0 Å². The van der Waals surface area contributed by atoms with E-state index in [4.69, 9.17) is 10.8 Å². The lowest BCUT2D eigenvalue weighted by Crippen LogP contribution is -2.61. The van der Waals surface area contributed by atoms with Crippen LogP contribution in [0.4, 0.5) is 0 Å². The summed E-state index contributed by atoms with van der Waals surface area (Å²) >= 11 is 0. The van der Waals surface area contributed by atoms with Crippen LogP contribution in [0.3, 0.4) is 0 Å². The molecular formula is C28H36N7O9+. The van der Waals surface area contributed by atoms with E-state index in [0.717, 1.165) is 0 Å². The SMILES string of the molecule is NC(=O)C[C@H](NC(=O)[C@H](Cc1ccc(O)cc1)NC(=O)C[NH3+])C(=O)NCC(=O)N[C@@H](Cc1ccccc1)C(=O)NCC(=O)O.